The molecular formula is C15H31O5P. The largest absolute Gasteiger partial charge is 0.396 e. The summed E-state index contributed by atoms with van der Waals surface area (Å²) >= 11 is 0. The summed E-state index contributed by atoms with van der Waals surface area (Å²) in [5, 5.41) is 19.8. The van der Waals surface area contributed by atoms with Gasteiger partial charge in [0.25, 0.3) is 0 Å². The fourth-order valence-corrected chi connectivity index (χ4v) is 3.12. The van der Waals surface area contributed by atoms with Crippen molar-refractivity contribution in [1.82, 2.24) is 0 Å². The molecule has 1 saturated carbocycles. The number of aliphatic hydroxyl groups is 2. The zero-order chi connectivity index (χ0) is 15.7. The lowest BCUT2D eigenvalue weighted by atomic mass is 9.81. The minimum Gasteiger partial charge on any atom is -0.396 e. The minimum atomic E-state index is -0.623. The molecule has 126 valence electrons. The molecule has 0 heterocycles. The van der Waals surface area contributed by atoms with E-state index in [2.05, 4.69) is 23.3 Å². The molecule has 6 atom stereocenters. The fraction of sp³-hybridized carbons (Fsp3) is 1.00. The van der Waals surface area contributed by atoms with Gasteiger partial charge in [-0.05, 0) is 19.3 Å². The van der Waals surface area contributed by atoms with Crippen molar-refractivity contribution in [3.05, 3.63) is 0 Å². The molecule has 5 nitrogen and oxygen atoms in total. The number of aliphatic hydroxyl groups excluding tert-OH is 2. The first-order chi connectivity index (χ1) is 10.2. The first kappa shape index (κ1) is 19.3. The van der Waals surface area contributed by atoms with Crippen LogP contribution in [0.3, 0.4) is 0 Å². The van der Waals surface area contributed by atoms with Gasteiger partial charge in [-0.2, -0.15) is 0 Å². The van der Waals surface area contributed by atoms with Gasteiger partial charge in [0.15, 0.2) is 0 Å². The lowest BCUT2D eigenvalue weighted by Crippen LogP contribution is -2.57. The Hall–Kier alpha value is 0.230. The highest BCUT2D eigenvalue weighted by atomic mass is 31.0. The molecule has 0 aromatic carbocycles. The van der Waals surface area contributed by atoms with E-state index in [0.29, 0.717) is 19.6 Å². The molecule has 1 unspecified atom stereocenters. The van der Waals surface area contributed by atoms with Crippen LogP contribution in [0.4, 0.5) is 0 Å². The van der Waals surface area contributed by atoms with Crippen molar-refractivity contribution in [1.29, 1.82) is 0 Å². The third-order valence-electron chi connectivity index (χ3n) is 4.04. The first-order valence-electron chi connectivity index (χ1n) is 8.07. The van der Waals surface area contributed by atoms with Crippen LogP contribution in [-0.2, 0) is 14.0 Å². The van der Waals surface area contributed by atoms with Crippen LogP contribution in [-0.4, -0.2) is 54.4 Å². The molecule has 0 saturated heterocycles. The van der Waals surface area contributed by atoms with Gasteiger partial charge < -0.3 is 24.2 Å². The van der Waals surface area contributed by atoms with Crippen LogP contribution in [0.5, 0.6) is 0 Å². The monoisotopic (exact) mass is 322 g/mol. The molecule has 0 amide bonds. The van der Waals surface area contributed by atoms with Crippen LogP contribution in [0.25, 0.3) is 0 Å². The Labute approximate surface area is 130 Å². The molecule has 0 bridgehead atoms. The summed E-state index contributed by atoms with van der Waals surface area (Å²) in [4.78, 5) is 0. The van der Waals surface area contributed by atoms with Crippen molar-refractivity contribution in [3.8, 4) is 0 Å². The molecular weight excluding hydrogens is 291 g/mol. The molecule has 1 aliphatic carbocycles. The van der Waals surface area contributed by atoms with E-state index < -0.39 is 6.10 Å². The fourth-order valence-electron chi connectivity index (χ4n) is 2.74. The van der Waals surface area contributed by atoms with Gasteiger partial charge in [-0.3, -0.25) is 0 Å². The Morgan fingerprint density at radius 2 is 1.57 bits per heavy atom. The maximum absolute atomic E-state index is 10.3. The van der Waals surface area contributed by atoms with Crippen molar-refractivity contribution in [2.45, 2.75) is 70.4 Å². The van der Waals surface area contributed by atoms with Crippen LogP contribution in [0.15, 0.2) is 0 Å². The third-order valence-corrected chi connectivity index (χ3v) is 4.36. The topological polar surface area (TPSA) is 68.2 Å². The minimum absolute atomic E-state index is 0.0224. The SMILES string of the molecule is CCCCO[C@H]1[C@H](OP)[C@@H](CO)C[C@@H](O)[C@@H]1OCCCC. The van der Waals surface area contributed by atoms with E-state index in [-0.39, 0.29) is 30.8 Å². The van der Waals surface area contributed by atoms with E-state index in [1.807, 2.05) is 0 Å². The first-order valence-corrected chi connectivity index (χ1v) is 8.54. The lowest BCUT2D eigenvalue weighted by molar-refractivity contribution is -0.192. The van der Waals surface area contributed by atoms with Crippen molar-refractivity contribution in [3.63, 3.8) is 0 Å². The Balaban J connectivity index is 2.73. The van der Waals surface area contributed by atoms with E-state index >= 15 is 0 Å². The summed E-state index contributed by atoms with van der Waals surface area (Å²) in [6.07, 6.45) is 2.87. The van der Waals surface area contributed by atoms with Crippen LogP contribution in [0, 0.1) is 5.92 Å². The van der Waals surface area contributed by atoms with Gasteiger partial charge in [-0.1, -0.05) is 26.7 Å². The highest BCUT2D eigenvalue weighted by molar-refractivity contribution is 7.09. The second kappa shape index (κ2) is 10.9. The summed E-state index contributed by atoms with van der Waals surface area (Å²) in [5.74, 6) is -0.129. The molecule has 1 fully saturated rings. The van der Waals surface area contributed by atoms with Gasteiger partial charge in [0, 0.05) is 35.2 Å². The van der Waals surface area contributed by atoms with Crippen molar-refractivity contribution < 1.29 is 24.2 Å². The highest BCUT2D eigenvalue weighted by Gasteiger charge is 2.45. The number of hydrogen-bond acceptors (Lipinski definition) is 5. The van der Waals surface area contributed by atoms with E-state index in [0.717, 1.165) is 25.7 Å². The van der Waals surface area contributed by atoms with Gasteiger partial charge in [-0.25, -0.2) is 0 Å². The normalized spacial score (nSPS) is 33.3. The number of hydrogen-bond donors (Lipinski definition) is 2. The van der Waals surface area contributed by atoms with Crippen LogP contribution in [0.1, 0.15) is 46.0 Å². The summed E-state index contributed by atoms with van der Waals surface area (Å²) < 4.78 is 17.3. The van der Waals surface area contributed by atoms with E-state index in [1.165, 1.54) is 0 Å². The molecule has 0 aliphatic heterocycles. The Morgan fingerprint density at radius 3 is 2.05 bits per heavy atom. The van der Waals surface area contributed by atoms with Crippen LogP contribution in [0.2, 0.25) is 0 Å². The molecule has 2 N–H and O–H groups in total. The predicted octanol–water partition coefficient (Wildman–Crippen LogP) is 1.91. The molecule has 0 spiro atoms. The molecule has 0 aromatic rings. The van der Waals surface area contributed by atoms with Gasteiger partial charge in [-0.15, -0.1) is 0 Å². The van der Waals surface area contributed by atoms with E-state index in [4.69, 9.17) is 14.0 Å². The van der Waals surface area contributed by atoms with Gasteiger partial charge in [0.2, 0.25) is 0 Å². The summed E-state index contributed by atoms with van der Waals surface area (Å²) in [6, 6.07) is 0. The summed E-state index contributed by atoms with van der Waals surface area (Å²) in [6.45, 7) is 5.41. The average Bonchev–Trinajstić information content (AvgIpc) is 2.49. The number of ether oxygens (including phenoxy) is 2. The molecule has 0 aromatic heterocycles. The number of rotatable bonds is 10. The number of unbranched alkanes of at least 4 members (excludes halogenated alkanes) is 2. The second-order valence-electron chi connectivity index (χ2n) is 5.72. The van der Waals surface area contributed by atoms with Crippen LogP contribution < -0.4 is 0 Å². The lowest BCUT2D eigenvalue weighted by Gasteiger charge is -2.43. The Kier molecular flexibility index (Phi) is 9.98. The predicted molar refractivity (Wildman–Crippen MR) is 85.1 cm³/mol. The van der Waals surface area contributed by atoms with Gasteiger partial charge >= 0.3 is 0 Å². The maximum atomic E-state index is 10.3. The molecule has 1 rings (SSSR count). The molecule has 0 radical (unpaired) electrons. The van der Waals surface area contributed by atoms with Crippen LogP contribution >= 0.6 is 9.47 Å². The molecule has 1 aliphatic rings. The molecule has 21 heavy (non-hydrogen) atoms. The smallest absolute Gasteiger partial charge is 0.113 e. The summed E-state index contributed by atoms with van der Waals surface area (Å²) in [7, 11) is 2.26. The Morgan fingerprint density at radius 1 is 1.00 bits per heavy atom. The van der Waals surface area contributed by atoms with E-state index in [1.54, 1.807) is 0 Å². The molecule has 6 heteroatoms. The average molecular weight is 322 g/mol. The van der Waals surface area contributed by atoms with E-state index in [9.17, 15) is 10.2 Å². The standard InChI is InChI=1S/C15H31O5P/c1-3-5-7-18-14-12(17)9-11(10-16)13(20-21)15(14)19-8-6-4-2/h11-17H,3-10,21H2,1-2H3/t11-,12-,13-,14+,15+/m1/s1. The van der Waals surface area contributed by atoms with Crippen molar-refractivity contribution in [2.75, 3.05) is 19.8 Å². The van der Waals surface area contributed by atoms with Gasteiger partial charge in [0.1, 0.15) is 12.2 Å². The second-order valence-corrected chi connectivity index (χ2v) is 6.00. The quantitative estimate of drug-likeness (QED) is 0.475. The third kappa shape index (κ3) is 5.74. The zero-order valence-electron chi connectivity index (χ0n) is 13.2. The highest BCUT2D eigenvalue weighted by Crippen LogP contribution is 2.33. The maximum Gasteiger partial charge on any atom is 0.113 e. The zero-order valence-corrected chi connectivity index (χ0v) is 14.4. The van der Waals surface area contributed by atoms with Crippen molar-refractivity contribution in [2.24, 2.45) is 5.92 Å². The summed E-state index contributed by atoms with van der Waals surface area (Å²) in [5.41, 5.74) is 0. The van der Waals surface area contributed by atoms with Gasteiger partial charge in [0.05, 0.1) is 12.2 Å². The Bertz CT molecular complexity index is 266. The van der Waals surface area contributed by atoms with Crippen molar-refractivity contribution >= 4 is 9.47 Å².